The number of halogens is 1. The number of hydrogen-bond donors (Lipinski definition) is 0. The van der Waals surface area contributed by atoms with Crippen molar-refractivity contribution in [1.29, 1.82) is 0 Å². The first-order chi connectivity index (χ1) is 13.2. The summed E-state index contributed by atoms with van der Waals surface area (Å²) in [5.74, 6) is 0.744. The molecule has 5 nitrogen and oxygen atoms in total. The molecule has 4 rings (SSSR count). The van der Waals surface area contributed by atoms with Gasteiger partial charge in [0.2, 0.25) is 0 Å². The van der Waals surface area contributed by atoms with Crippen LogP contribution in [-0.4, -0.2) is 13.2 Å². The first-order valence-corrected chi connectivity index (χ1v) is 8.80. The van der Waals surface area contributed by atoms with Crippen LogP contribution < -0.4 is 14.7 Å². The lowest BCUT2D eigenvalue weighted by Gasteiger charge is -2.27. The van der Waals surface area contributed by atoms with Crippen molar-refractivity contribution in [2.45, 2.75) is 6.17 Å². The topological polar surface area (TPSA) is 42.0 Å². The average molecular weight is 381 g/mol. The lowest BCUT2D eigenvalue weighted by Crippen LogP contribution is -2.31. The number of ether oxygens (including phenoxy) is 1. The highest BCUT2D eigenvalue weighted by atomic mass is 35.5. The second-order valence-corrected chi connectivity index (χ2v) is 6.45. The number of hydroxylamine groups is 1. The Morgan fingerprint density at radius 3 is 2.19 bits per heavy atom. The maximum Gasteiger partial charge on any atom is 0.440 e. The Morgan fingerprint density at radius 1 is 0.889 bits per heavy atom. The molecule has 1 heterocycles. The Labute approximate surface area is 162 Å². The number of amides is 1. The lowest BCUT2D eigenvalue weighted by molar-refractivity contribution is 0.164. The molecule has 0 bridgehead atoms. The van der Waals surface area contributed by atoms with Gasteiger partial charge in [0.05, 0.1) is 12.8 Å². The van der Waals surface area contributed by atoms with Crippen LogP contribution in [0.1, 0.15) is 11.7 Å². The molecule has 3 aromatic carbocycles. The summed E-state index contributed by atoms with van der Waals surface area (Å²) >= 11 is 6.01. The van der Waals surface area contributed by atoms with Crippen molar-refractivity contribution < 1.29 is 14.4 Å². The summed E-state index contributed by atoms with van der Waals surface area (Å²) < 4.78 is 5.25. The Hall–Kier alpha value is -3.18. The summed E-state index contributed by atoms with van der Waals surface area (Å²) in [7, 11) is 1.62. The third-order valence-electron chi connectivity index (χ3n) is 4.37. The van der Waals surface area contributed by atoms with Crippen molar-refractivity contribution in [1.82, 2.24) is 0 Å². The minimum absolute atomic E-state index is 0.447. The van der Waals surface area contributed by atoms with Crippen LogP contribution in [0.4, 0.5) is 16.2 Å². The van der Waals surface area contributed by atoms with E-state index in [1.807, 2.05) is 66.7 Å². The van der Waals surface area contributed by atoms with Crippen LogP contribution in [0.3, 0.4) is 0 Å². The van der Waals surface area contributed by atoms with Gasteiger partial charge in [-0.15, -0.1) is 0 Å². The number of carbonyl (C=O) groups is 1. The molecule has 1 aliphatic rings. The van der Waals surface area contributed by atoms with Crippen LogP contribution in [0.15, 0.2) is 78.9 Å². The number of anilines is 2. The number of rotatable bonds is 4. The second kappa shape index (κ2) is 7.21. The van der Waals surface area contributed by atoms with Gasteiger partial charge in [0.15, 0.2) is 6.17 Å². The standard InChI is InChI=1S/C21H17ClN2O3/c1-26-19-13-7-15(8-14-19)20-23(17-5-3-2-4-6-17)21(25)27-24(20)18-11-9-16(22)10-12-18/h2-14,20H,1H3/t20-/m1/s1. The Bertz CT molecular complexity index is 930. The Morgan fingerprint density at radius 2 is 1.56 bits per heavy atom. The zero-order valence-electron chi connectivity index (χ0n) is 14.6. The molecule has 136 valence electrons. The van der Waals surface area contributed by atoms with E-state index in [0.29, 0.717) is 5.02 Å². The van der Waals surface area contributed by atoms with Gasteiger partial charge >= 0.3 is 6.09 Å². The summed E-state index contributed by atoms with van der Waals surface area (Å²) in [6.45, 7) is 0. The molecule has 0 saturated carbocycles. The Kier molecular flexibility index (Phi) is 4.60. The lowest BCUT2D eigenvalue weighted by atomic mass is 10.1. The summed E-state index contributed by atoms with van der Waals surface area (Å²) in [6.07, 6.45) is -0.913. The Balaban J connectivity index is 1.80. The number of methoxy groups -OCH3 is 1. The van der Waals surface area contributed by atoms with Crippen LogP contribution in [0.25, 0.3) is 0 Å². The zero-order valence-corrected chi connectivity index (χ0v) is 15.3. The van der Waals surface area contributed by atoms with Crippen molar-refractivity contribution in [3.05, 3.63) is 89.4 Å². The first-order valence-electron chi connectivity index (χ1n) is 8.42. The largest absolute Gasteiger partial charge is 0.497 e. The molecule has 27 heavy (non-hydrogen) atoms. The predicted molar refractivity (Wildman–Crippen MR) is 105 cm³/mol. The fraction of sp³-hybridized carbons (Fsp3) is 0.0952. The number of hydrogen-bond acceptors (Lipinski definition) is 4. The molecule has 0 N–H and O–H groups in total. The maximum absolute atomic E-state index is 12.7. The minimum atomic E-state index is -0.466. The van der Waals surface area contributed by atoms with E-state index in [1.54, 1.807) is 29.2 Å². The number of benzene rings is 3. The average Bonchev–Trinajstić information content (AvgIpc) is 3.06. The molecule has 1 saturated heterocycles. The summed E-state index contributed by atoms with van der Waals surface area (Å²) in [5.41, 5.74) is 2.37. The van der Waals surface area contributed by atoms with Crippen LogP contribution in [0, 0.1) is 0 Å². The van der Waals surface area contributed by atoms with Crippen molar-refractivity contribution in [3.63, 3.8) is 0 Å². The molecule has 1 atom stereocenters. The molecule has 6 heteroatoms. The molecule has 0 radical (unpaired) electrons. The molecule has 0 aliphatic carbocycles. The molecule has 1 amide bonds. The third kappa shape index (κ3) is 3.29. The van der Waals surface area contributed by atoms with Crippen LogP contribution in [-0.2, 0) is 4.84 Å². The van der Waals surface area contributed by atoms with E-state index in [0.717, 1.165) is 22.7 Å². The highest BCUT2D eigenvalue weighted by Crippen LogP contribution is 2.40. The second-order valence-electron chi connectivity index (χ2n) is 6.01. The van der Waals surface area contributed by atoms with Gasteiger partial charge in [0.1, 0.15) is 5.75 Å². The molecule has 1 fully saturated rings. The molecule has 1 aliphatic heterocycles. The summed E-state index contributed by atoms with van der Waals surface area (Å²) in [5, 5.41) is 2.21. The van der Waals surface area contributed by atoms with E-state index in [2.05, 4.69) is 0 Å². The summed E-state index contributed by atoms with van der Waals surface area (Å²) in [6, 6.07) is 24.2. The number of para-hydroxylation sites is 1. The van der Waals surface area contributed by atoms with Crippen molar-refractivity contribution in [2.24, 2.45) is 0 Å². The van der Waals surface area contributed by atoms with Crippen LogP contribution >= 0.6 is 11.6 Å². The number of nitrogens with zero attached hydrogens (tertiary/aromatic N) is 2. The highest BCUT2D eigenvalue weighted by Gasteiger charge is 2.42. The van der Waals surface area contributed by atoms with E-state index in [-0.39, 0.29) is 0 Å². The van der Waals surface area contributed by atoms with Gasteiger partial charge < -0.3 is 9.57 Å². The van der Waals surface area contributed by atoms with Gasteiger partial charge in [-0.2, -0.15) is 5.06 Å². The molecular weight excluding hydrogens is 364 g/mol. The van der Waals surface area contributed by atoms with Gasteiger partial charge in [-0.25, -0.2) is 9.69 Å². The van der Waals surface area contributed by atoms with Crippen molar-refractivity contribution in [3.8, 4) is 5.75 Å². The zero-order chi connectivity index (χ0) is 18.8. The van der Waals surface area contributed by atoms with Gasteiger partial charge in [0, 0.05) is 10.7 Å². The smallest absolute Gasteiger partial charge is 0.440 e. The molecule has 0 spiro atoms. The summed E-state index contributed by atoms with van der Waals surface area (Å²) in [4.78, 5) is 20.0. The molecule has 3 aromatic rings. The monoisotopic (exact) mass is 380 g/mol. The number of carbonyl (C=O) groups excluding carboxylic acids is 1. The van der Waals surface area contributed by atoms with Crippen molar-refractivity contribution in [2.75, 3.05) is 17.1 Å². The minimum Gasteiger partial charge on any atom is -0.497 e. The van der Waals surface area contributed by atoms with Gasteiger partial charge in [-0.3, -0.25) is 0 Å². The normalized spacial score (nSPS) is 16.4. The van der Waals surface area contributed by atoms with E-state index in [9.17, 15) is 4.79 Å². The van der Waals surface area contributed by atoms with E-state index in [4.69, 9.17) is 21.2 Å². The first kappa shape index (κ1) is 17.2. The van der Waals surface area contributed by atoms with Gasteiger partial charge in [0.25, 0.3) is 0 Å². The van der Waals surface area contributed by atoms with Crippen molar-refractivity contribution >= 4 is 29.1 Å². The van der Waals surface area contributed by atoms with E-state index < -0.39 is 12.3 Å². The van der Waals surface area contributed by atoms with Gasteiger partial charge in [-0.1, -0.05) is 41.9 Å². The fourth-order valence-corrected chi connectivity index (χ4v) is 3.19. The quantitative estimate of drug-likeness (QED) is 0.605. The fourth-order valence-electron chi connectivity index (χ4n) is 3.06. The molecule has 0 unspecified atom stereocenters. The third-order valence-corrected chi connectivity index (χ3v) is 4.62. The van der Waals surface area contributed by atoms with E-state index >= 15 is 0 Å². The van der Waals surface area contributed by atoms with Gasteiger partial charge in [-0.05, 0) is 54.1 Å². The van der Waals surface area contributed by atoms with Crippen LogP contribution in [0.5, 0.6) is 5.75 Å². The highest BCUT2D eigenvalue weighted by molar-refractivity contribution is 6.30. The predicted octanol–water partition coefficient (Wildman–Crippen LogP) is 5.43. The molecular formula is C21H17ClN2O3. The maximum atomic E-state index is 12.7. The van der Waals surface area contributed by atoms with Crippen LogP contribution in [0.2, 0.25) is 5.02 Å². The van der Waals surface area contributed by atoms with E-state index in [1.165, 1.54) is 0 Å². The SMILES string of the molecule is COc1ccc([C@H]2N(c3ccc(Cl)cc3)OC(=O)N2c2ccccc2)cc1. The molecule has 0 aromatic heterocycles.